The van der Waals surface area contributed by atoms with Crippen LogP contribution in [0.25, 0.3) is 0 Å². The number of hydrogen-bond acceptors (Lipinski definition) is 3. The molecule has 0 heterocycles. The van der Waals surface area contributed by atoms with E-state index in [1.54, 1.807) is 25.2 Å². The van der Waals surface area contributed by atoms with E-state index in [9.17, 15) is 13.2 Å². The van der Waals surface area contributed by atoms with Crippen LogP contribution in [0.1, 0.15) is 24.4 Å². The maximum Gasteiger partial charge on any atom is 0.389 e. The zero-order chi connectivity index (χ0) is 14.5. The summed E-state index contributed by atoms with van der Waals surface area (Å²) in [5.41, 5.74) is 0.610. The van der Waals surface area contributed by atoms with Gasteiger partial charge in [0.1, 0.15) is 11.5 Å². The van der Waals surface area contributed by atoms with E-state index >= 15 is 0 Å². The third-order valence-electron chi connectivity index (χ3n) is 2.88. The Morgan fingerprint density at radius 2 is 1.68 bits per heavy atom. The second kappa shape index (κ2) is 6.65. The van der Waals surface area contributed by atoms with Crippen LogP contribution >= 0.6 is 0 Å². The average molecular weight is 277 g/mol. The van der Waals surface area contributed by atoms with Gasteiger partial charge < -0.3 is 14.8 Å². The fourth-order valence-electron chi connectivity index (χ4n) is 1.96. The Morgan fingerprint density at radius 3 is 2.05 bits per heavy atom. The number of alkyl halides is 3. The first kappa shape index (κ1) is 15.6. The molecule has 1 rings (SSSR count). The Morgan fingerprint density at radius 1 is 1.16 bits per heavy atom. The summed E-state index contributed by atoms with van der Waals surface area (Å²) in [7, 11) is 4.58. The molecular formula is C13H18F3NO2. The highest BCUT2D eigenvalue weighted by Gasteiger charge is 2.30. The predicted octanol–water partition coefficient (Wildman–Crippen LogP) is 3.31. The first-order valence-electron chi connectivity index (χ1n) is 5.87. The summed E-state index contributed by atoms with van der Waals surface area (Å²) in [5.74, 6) is 1.03. The van der Waals surface area contributed by atoms with Crippen LogP contribution in [0.3, 0.4) is 0 Å². The Kier molecular flexibility index (Phi) is 5.47. The number of rotatable bonds is 6. The lowest BCUT2D eigenvalue weighted by atomic mass is 9.99. The molecule has 0 fully saturated rings. The Labute approximate surface area is 110 Å². The second-order valence-corrected chi connectivity index (χ2v) is 4.07. The molecule has 19 heavy (non-hydrogen) atoms. The minimum absolute atomic E-state index is 0.0727. The lowest BCUT2D eigenvalue weighted by molar-refractivity contribution is -0.136. The zero-order valence-corrected chi connectivity index (χ0v) is 11.2. The minimum atomic E-state index is -4.18. The number of methoxy groups -OCH3 is 2. The normalized spacial score (nSPS) is 13.2. The van der Waals surface area contributed by atoms with Crippen LogP contribution in [0.15, 0.2) is 18.2 Å². The highest BCUT2D eigenvalue weighted by molar-refractivity contribution is 5.47. The van der Waals surface area contributed by atoms with Crippen molar-refractivity contribution in [3.63, 3.8) is 0 Å². The number of benzene rings is 1. The SMILES string of the molecule is CNC(CCC(F)(F)F)c1c(OC)cccc1OC. The zero-order valence-electron chi connectivity index (χ0n) is 11.2. The molecule has 0 aliphatic carbocycles. The molecule has 0 radical (unpaired) electrons. The van der Waals surface area contributed by atoms with Crippen molar-refractivity contribution in [1.82, 2.24) is 5.32 Å². The molecule has 0 spiro atoms. The van der Waals surface area contributed by atoms with Gasteiger partial charge in [-0.1, -0.05) is 6.07 Å². The van der Waals surface area contributed by atoms with Crippen LogP contribution < -0.4 is 14.8 Å². The predicted molar refractivity (Wildman–Crippen MR) is 66.6 cm³/mol. The highest BCUT2D eigenvalue weighted by Crippen LogP contribution is 2.37. The maximum atomic E-state index is 12.3. The molecule has 6 heteroatoms. The maximum absolute atomic E-state index is 12.3. The molecule has 0 aliphatic heterocycles. The van der Waals surface area contributed by atoms with Gasteiger partial charge in [-0.25, -0.2) is 0 Å². The fourth-order valence-corrected chi connectivity index (χ4v) is 1.96. The Balaban J connectivity index is 3.02. The van der Waals surface area contributed by atoms with Gasteiger partial charge in [-0.15, -0.1) is 0 Å². The third kappa shape index (κ3) is 4.31. The van der Waals surface area contributed by atoms with Gasteiger partial charge >= 0.3 is 6.18 Å². The lowest BCUT2D eigenvalue weighted by Gasteiger charge is -2.22. The molecule has 1 aromatic carbocycles. The summed E-state index contributed by atoms with van der Waals surface area (Å²) in [6.07, 6.45) is -5.11. The van der Waals surface area contributed by atoms with Crippen molar-refractivity contribution < 1.29 is 22.6 Å². The van der Waals surface area contributed by atoms with Crippen molar-refractivity contribution in [2.75, 3.05) is 21.3 Å². The van der Waals surface area contributed by atoms with Crippen molar-refractivity contribution in [2.24, 2.45) is 0 Å². The minimum Gasteiger partial charge on any atom is -0.496 e. The van der Waals surface area contributed by atoms with Crippen molar-refractivity contribution in [2.45, 2.75) is 25.1 Å². The number of hydrogen-bond donors (Lipinski definition) is 1. The summed E-state index contributed by atoms with van der Waals surface area (Å²) >= 11 is 0. The number of nitrogens with one attached hydrogen (secondary N) is 1. The molecule has 1 atom stereocenters. The van der Waals surface area contributed by atoms with E-state index < -0.39 is 18.6 Å². The Bertz CT molecular complexity index is 385. The molecule has 1 aromatic rings. The monoisotopic (exact) mass is 277 g/mol. The van der Waals surface area contributed by atoms with Crippen LogP contribution in [0, 0.1) is 0 Å². The molecule has 0 saturated heterocycles. The summed E-state index contributed by atoms with van der Waals surface area (Å²) in [6, 6.07) is 4.66. The second-order valence-electron chi connectivity index (χ2n) is 4.07. The molecule has 0 aromatic heterocycles. The molecule has 0 saturated carbocycles. The van der Waals surface area contributed by atoms with Crippen LogP contribution in [0.2, 0.25) is 0 Å². The average Bonchev–Trinajstić information content (AvgIpc) is 2.38. The van der Waals surface area contributed by atoms with E-state index in [-0.39, 0.29) is 6.42 Å². The van der Waals surface area contributed by atoms with Crippen LogP contribution in [-0.2, 0) is 0 Å². The number of ether oxygens (including phenoxy) is 2. The molecule has 1 N–H and O–H groups in total. The molecular weight excluding hydrogens is 259 g/mol. The molecule has 3 nitrogen and oxygen atoms in total. The molecule has 0 aliphatic rings. The fraction of sp³-hybridized carbons (Fsp3) is 0.538. The van der Waals surface area contributed by atoms with E-state index in [1.165, 1.54) is 14.2 Å². The van der Waals surface area contributed by atoms with Gasteiger partial charge in [0, 0.05) is 12.5 Å². The first-order chi connectivity index (χ1) is 8.92. The van der Waals surface area contributed by atoms with Gasteiger partial charge in [-0.3, -0.25) is 0 Å². The van der Waals surface area contributed by atoms with E-state index in [1.807, 2.05) is 0 Å². The third-order valence-corrected chi connectivity index (χ3v) is 2.88. The van der Waals surface area contributed by atoms with Crippen molar-refractivity contribution in [3.8, 4) is 11.5 Å². The molecule has 1 unspecified atom stereocenters. The van der Waals surface area contributed by atoms with E-state index in [2.05, 4.69) is 5.32 Å². The lowest BCUT2D eigenvalue weighted by Crippen LogP contribution is -2.21. The van der Waals surface area contributed by atoms with Crippen LogP contribution in [0.5, 0.6) is 11.5 Å². The molecule has 0 amide bonds. The van der Waals surface area contributed by atoms with Gasteiger partial charge in [0.25, 0.3) is 0 Å². The smallest absolute Gasteiger partial charge is 0.389 e. The van der Waals surface area contributed by atoms with Crippen molar-refractivity contribution in [3.05, 3.63) is 23.8 Å². The van der Waals surface area contributed by atoms with Crippen LogP contribution in [-0.4, -0.2) is 27.4 Å². The van der Waals surface area contributed by atoms with Gasteiger partial charge in [-0.2, -0.15) is 13.2 Å². The summed E-state index contributed by atoms with van der Waals surface area (Å²) in [5, 5.41) is 2.88. The van der Waals surface area contributed by atoms with Gasteiger partial charge in [0.05, 0.1) is 19.8 Å². The molecule has 0 bridgehead atoms. The van der Waals surface area contributed by atoms with E-state index in [0.717, 1.165) is 0 Å². The largest absolute Gasteiger partial charge is 0.496 e. The summed E-state index contributed by atoms with van der Waals surface area (Å²) < 4.78 is 47.4. The van der Waals surface area contributed by atoms with Gasteiger partial charge in [0.15, 0.2) is 0 Å². The Hall–Kier alpha value is -1.43. The van der Waals surface area contributed by atoms with Crippen molar-refractivity contribution in [1.29, 1.82) is 0 Å². The van der Waals surface area contributed by atoms with Gasteiger partial charge in [-0.05, 0) is 25.6 Å². The van der Waals surface area contributed by atoms with Crippen LogP contribution in [0.4, 0.5) is 13.2 Å². The summed E-state index contributed by atoms with van der Waals surface area (Å²) in [4.78, 5) is 0. The topological polar surface area (TPSA) is 30.5 Å². The quantitative estimate of drug-likeness (QED) is 0.865. The summed E-state index contributed by atoms with van der Waals surface area (Å²) in [6.45, 7) is 0. The van der Waals surface area contributed by atoms with Gasteiger partial charge in [0.2, 0.25) is 0 Å². The highest BCUT2D eigenvalue weighted by atomic mass is 19.4. The molecule has 108 valence electrons. The standard InChI is InChI=1S/C13H18F3NO2/c1-17-9(7-8-13(14,15)16)12-10(18-2)5-4-6-11(12)19-3/h4-6,9,17H,7-8H2,1-3H3. The van der Waals surface area contributed by atoms with E-state index in [4.69, 9.17) is 9.47 Å². The number of halogens is 3. The van der Waals surface area contributed by atoms with Crippen molar-refractivity contribution >= 4 is 0 Å². The van der Waals surface area contributed by atoms with E-state index in [0.29, 0.717) is 17.1 Å². The first-order valence-corrected chi connectivity index (χ1v) is 5.87.